The number of fused-ring (bicyclic) bond motifs is 2. The molecule has 84 valence electrons. The molecule has 0 aromatic carbocycles. The summed E-state index contributed by atoms with van der Waals surface area (Å²) in [4.78, 5) is 13.9. The van der Waals surface area contributed by atoms with Crippen LogP contribution in [0.3, 0.4) is 0 Å². The normalized spacial score (nSPS) is 46.3. The van der Waals surface area contributed by atoms with Crippen molar-refractivity contribution in [3.05, 3.63) is 0 Å². The van der Waals surface area contributed by atoms with Crippen LogP contribution in [0.5, 0.6) is 0 Å². The second kappa shape index (κ2) is 3.56. The number of Topliss-reactive ketones (excluding diaryl/α,β-unsaturated/α-hetero) is 1. The van der Waals surface area contributed by atoms with Gasteiger partial charge in [-0.2, -0.15) is 0 Å². The molecule has 0 aromatic heterocycles. The quantitative estimate of drug-likeness (QED) is 0.703. The Hall–Kier alpha value is -0.410. The smallest absolute Gasteiger partial charge is 0.134 e. The van der Waals surface area contributed by atoms with E-state index in [2.05, 4.69) is 4.90 Å². The van der Waals surface area contributed by atoms with Crippen LogP contribution in [0.15, 0.2) is 0 Å². The Balaban J connectivity index is 1.74. The molecule has 3 rings (SSSR count). The average molecular weight is 209 g/mol. The number of aliphatic hydroxyl groups excluding tert-OH is 1. The third-order valence-corrected chi connectivity index (χ3v) is 4.41. The first kappa shape index (κ1) is 9.79. The van der Waals surface area contributed by atoms with Gasteiger partial charge in [0.2, 0.25) is 0 Å². The van der Waals surface area contributed by atoms with E-state index in [0.717, 1.165) is 32.1 Å². The van der Waals surface area contributed by atoms with Crippen molar-refractivity contribution in [3.63, 3.8) is 0 Å². The maximum Gasteiger partial charge on any atom is 0.134 e. The monoisotopic (exact) mass is 209 g/mol. The fraction of sp³-hybridized carbons (Fsp3) is 0.917. The molecule has 2 heterocycles. The van der Waals surface area contributed by atoms with Crippen LogP contribution in [0.25, 0.3) is 0 Å². The Kier molecular flexibility index (Phi) is 2.33. The van der Waals surface area contributed by atoms with Gasteiger partial charge in [0.1, 0.15) is 5.78 Å². The summed E-state index contributed by atoms with van der Waals surface area (Å²) in [7, 11) is 0. The molecular weight excluding hydrogens is 190 g/mol. The van der Waals surface area contributed by atoms with Gasteiger partial charge in [-0.1, -0.05) is 0 Å². The SMILES string of the molecule is O=C1CCC(N2C3CCC2CC(O)C3)C1. The lowest BCUT2D eigenvalue weighted by Crippen LogP contribution is -2.49. The number of rotatable bonds is 1. The predicted molar refractivity (Wildman–Crippen MR) is 56.5 cm³/mol. The van der Waals surface area contributed by atoms with Gasteiger partial charge in [-0.15, -0.1) is 0 Å². The van der Waals surface area contributed by atoms with Gasteiger partial charge < -0.3 is 5.11 Å². The molecule has 3 heteroatoms. The van der Waals surface area contributed by atoms with E-state index in [0.29, 0.717) is 23.9 Å². The molecule has 1 N–H and O–H groups in total. The predicted octanol–water partition coefficient (Wildman–Crippen LogP) is 1.10. The number of nitrogens with zero attached hydrogens (tertiary/aromatic N) is 1. The minimum absolute atomic E-state index is 0.0872. The van der Waals surface area contributed by atoms with E-state index in [1.165, 1.54) is 12.8 Å². The molecule has 3 nitrogen and oxygen atoms in total. The van der Waals surface area contributed by atoms with Crippen molar-refractivity contribution < 1.29 is 9.90 Å². The Morgan fingerprint density at radius 1 is 1.07 bits per heavy atom. The largest absolute Gasteiger partial charge is 0.393 e. The van der Waals surface area contributed by atoms with Crippen molar-refractivity contribution in [2.75, 3.05) is 0 Å². The second-order valence-corrected chi connectivity index (χ2v) is 5.39. The molecule has 2 bridgehead atoms. The fourth-order valence-corrected chi connectivity index (χ4v) is 3.83. The fourth-order valence-electron chi connectivity index (χ4n) is 3.83. The molecule has 0 aromatic rings. The number of aliphatic hydroxyl groups is 1. The van der Waals surface area contributed by atoms with E-state index < -0.39 is 0 Å². The molecule has 0 amide bonds. The summed E-state index contributed by atoms with van der Waals surface area (Å²) >= 11 is 0. The third kappa shape index (κ3) is 1.62. The van der Waals surface area contributed by atoms with Crippen LogP contribution in [-0.4, -0.2) is 40.0 Å². The molecule has 2 aliphatic heterocycles. The van der Waals surface area contributed by atoms with Crippen LogP contribution in [0.1, 0.15) is 44.9 Å². The van der Waals surface area contributed by atoms with E-state index in [4.69, 9.17) is 0 Å². The van der Waals surface area contributed by atoms with Crippen molar-refractivity contribution in [2.24, 2.45) is 0 Å². The number of hydrogen-bond acceptors (Lipinski definition) is 3. The number of carbonyl (C=O) groups is 1. The lowest BCUT2D eigenvalue weighted by atomic mass is 9.97. The van der Waals surface area contributed by atoms with E-state index in [1.54, 1.807) is 0 Å². The second-order valence-electron chi connectivity index (χ2n) is 5.39. The Bertz CT molecular complexity index is 265. The zero-order valence-corrected chi connectivity index (χ0v) is 9.06. The van der Waals surface area contributed by atoms with Crippen LogP contribution >= 0.6 is 0 Å². The summed E-state index contributed by atoms with van der Waals surface area (Å²) < 4.78 is 0. The summed E-state index contributed by atoms with van der Waals surface area (Å²) in [6, 6.07) is 1.63. The molecule has 15 heavy (non-hydrogen) atoms. The van der Waals surface area contributed by atoms with E-state index in [9.17, 15) is 9.90 Å². The zero-order chi connectivity index (χ0) is 10.4. The van der Waals surface area contributed by atoms with E-state index in [1.807, 2.05) is 0 Å². The van der Waals surface area contributed by atoms with Crippen LogP contribution in [0.4, 0.5) is 0 Å². The Morgan fingerprint density at radius 2 is 1.73 bits per heavy atom. The molecule has 3 fully saturated rings. The average Bonchev–Trinajstić information content (AvgIpc) is 2.69. The van der Waals surface area contributed by atoms with E-state index >= 15 is 0 Å². The lowest BCUT2D eigenvalue weighted by Gasteiger charge is -2.40. The van der Waals surface area contributed by atoms with Gasteiger partial charge in [0.25, 0.3) is 0 Å². The highest BCUT2D eigenvalue weighted by molar-refractivity contribution is 5.81. The maximum absolute atomic E-state index is 11.3. The Labute approximate surface area is 90.5 Å². The minimum atomic E-state index is -0.0872. The first-order valence-electron chi connectivity index (χ1n) is 6.21. The molecule has 3 unspecified atom stereocenters. The number of piperidine rings is 1. The van der Waals surface area contributed by atoms with Crippen molar-refractivity contribution >= 4 is 5.78 Å². The van der Waals surface area contributed by atoms with Gasteiger partial charge in [0.05, 0.1) is 6.10 Å². The maximum atomic E-state index is 11.3. The molecule has 1 saturated carbocycles. The van der Waals surface area contributed by atoms with Crippen molar-refractivity contribution in [1.29, 1.82) is 0 Å². The van der Waals surface area contributed by atoms with Gasteiger partial charge in [0.15, 0.2) is 0 Å². The van der Waals surface area contributed by atoms with Gasteiger partial charge in [-0.05, 0) is 32.1 Å². The molecule has 1 aliphatic carbocycles. The van der Waals surface area contributed by atoms with Gasteiger partial charge in [-0.25, -0.2) is 0 Å². The van der Waals surface area contributed by atoms with Crippen LogP contribution in [-0.2, 0) is 4.79 Å². The van der Waals surface area contributed by atoms with Crippen molar-refractivity contribution in [2.45, 2.75) is 69.2 Å². The Morgan fingerprint density at radius 3 is 2.27 bits per heavy atom. The van der Waals surface area contributed by atoms with Gasteiger partial charge in [-0.3, -0.25) is 9.69 Å². The summed E-state index contributed by atoms with van der Waals surface area (Å²) in [5, 5.41) is 9.71. The highest BCUT2D eigenvalue weighted by Crippen LogP contribution is 2.40. The molecule has 2 saturated heterocycles. The van der Waals surface area contributed by atoms with Crippen molar-refractivity contribution in [1.82, 2.24) is 4.90 Å². The first-order valence-corrected chi connectivity index (χ1v) is 6.21. The molecule has 0 radical (unpaired) electrons. The molecular formula is C12H19NO2. The minimum Gasteiger partial charge on any atom is -0.393 e. The van der Waals surface area contributed by atoms with Crippen LogP contribution < -0.4 is 0 Å². The third-order valence-electron chi connectivity index (χ3n) is 4.41. The number of carbonyl (C=O) groups excluding carboxylic acids is 1. The molecule has 3 atom stereocenters. The van der Waals surface area contributed by atoms with E-state index in [-0.39, 0.29) is 6.10 Å². The van der Waals surface area contributed by atoms with Crippen LogP contribution in [0, 0.1) is 0 Å². The molecule has 0 spiro atoms. The standard InChI is InChI=1S/C12H19NO2/c14-11-4-3-10(5-11)13-8-1-2-9(13)7-12(15)6-8/h8-10,12,15H,1-7H2. The van der Waals surface area contributed by atoms with Crippen LogP contribution in [0.2, 0.25) is 0 Å². The number of hydrogen-bond donors (Lipinski definition) is 1. The first-order chi connectivity index (χ1) is 7.24. The molecule has 3 aliphatic rings. The van der Waals surface area contributed by atoms with Gasteiger partial charge in [0, 0.05) is 31.0 Å². The highest BCUT2D eigenvalue weighted by Gasteiger charge is 2.44. The van der Waals surface area contributed by atoms with Crippen molar-refractivity contribution in [3.8, 4) is 0 Å². The zero-order valence-electron chi connectivity index (χ0n) is 9.06. The summed E-state index contributed by atoms with van der Waals surface area (Å²) in [6.07, 6.45) is 6.84. The topological polar surface area (TPSA) is 40.5 Å². The summed E-state index contributed by atoms with van der Waals surface area (Å²) in [5.74, 6) is 0.436. The number of ketones is 1. The lowest BCUT2D eigenvalue weighted by molar-refractivity contribution is -0.117. The van der Waals surface area contributed by atoms with Gasteiger partial charge >= 0.3 is 0 Å². The summed E-state index contributed by atoms with van der Waals surface area (Å²) in [6.45, 7) is 0. The summed E-state index contributed by atoms with van der Waals surface area (Å²) in [5.41, 5.74) is 0. The highest BCUT2D eigenvalue weighted by atomic mass is 16.3.